The molecule has 27 heavy (non-hydrogen) atoms. The van der Waals surface area contributed by atoms with E-state index in [1.54, 1.807) is 0 Å². The fourth-order valence-corrected chi connectivity index (χ4v) is 3.27. The van der Waals surface area contributed by atoms with Crippen molar-refractivity contribution in [3.05, 3.63) is 40.7 Å². The van der Waals surface area contributed by atoms with Crippen LogP contribution in [-0.2, 0) is 25.2 Å². The van der Waals surface area contributed by atoms with E-state index in [-0.39, 0.29) is 28.5 Å². The first kappa shape index (κ1) is 19.5. The van der Waals surface area contributed by atoms with E-state index in [2.05, 4.69) is 22.6 Å². The molecule has 3 rings (SSSR count). The zero-order valence-corrected chi connectivity index (χ0v) is 14.5. The van der Waals surface area contributed by atoms with Gasteiger partial charge >= 0.3 is 12.4 Å². The van der Waals surface area contributed by atoms with Gasteiger partial charge in [-0.15, -0.1) is 0 Å². The van der Waals surface area contributed by atoms with Crippen molar-refractivity contribution in [2.75, 3.05) is 5.32 Å². The quantitative estimate of drug-likeness (QED) is 0.570. The maximum absolute atomic E-state index is 13.4. The standard InChI is InChI=1S/C16H14F6N4S/c17-15(18,19)8-5-6-12(10(7-8)24-14(23)27)26-11-4-2-1-3-9(11)13(25-26)16(20,21)22/h5-7H,1-4H2,(H3,23,24,27). The van der Waals surface area contributed by atoms with Crippen LogP contribution in [0, 0.1) is 0 Å². The summed E-state index contributed by atoms with van der Waals surface area (Å²) in [5, 5.41) is 5.77. The number of hydrogen-bond acceptors (Lipinski definition) is 2. The summed E-state index contributed by atoms with van der Waals surface area (Å²) >= 11 is 4.69. The van der Waals surface area contributed by atoms with Gasteiger partial charge < -0.3 is 11.1 Å². The molecule has 0 bridgehead atoms. The molecule has 0 unspecified atom stereocenters. The summed E-state index contributed by atoms with van der Waals surface area (Å²) in [4.78, 5) is 0. The molecule has 146 valence electrons. The highest BCUT2D eigenvalue weighted by molar-refractivity contribution is 7.80. The molecule has 3 N–H and O–H groups in total. The summed E-state index contributed by atoms with van der Waals surface area (Å²) in [6.07, 6.45) is -7.49. The lowest BCUT2D eigenvalue weighted by Gasteiger charge is -2.18. The molecule has 0 atom stereocenters. The molecule has 0 spiro atoms. The highest BCUT2D eigenvalue weighted by Gasteiger charge is 2.40. The highest BCUT2D eigenvalue weighted by atomic mass is 32.1. The zero-order chi connectivity index (χ0) is 20.0. The number of anilines is 1. The van der Waals surface area contributed by atoms with E-state index in [0.29, 0.717) is 25.0 Å². The largest absolute Gasteiger partial charge is 0.435 e. The van der Waals surface area contributed by atoms with Crippen LogP contribution in [0.1, 0.15) is 35.4 Å². The fraction of sp³-hybridized carbons (Fsp3) is 0.375. The van der Waals surface area contributed by atoms with Crippen LogP contribution in [-0.4, -0.2) is 14.9 Å². The Labute approximate surface area is 155 Å². The van der Waals surface area contributed by atoms with Crippen LogP contribution in [0.3, 0.4) is 0 Å². The van der Waals surface area contributed by atoms with E-state index < -0.39 is 23.6 Å². The molecule has 0 amide bonds. The number of rotatable bonds is 2. The molecule has 1 aliphatic rings. The van der Waals surface area contributed by atoms with Crippen LogP contribution in [0.2, 0.25) is 0 Å². The summed E-state index contributed by atoms with van der Waals surface area (Å²) in [5.41, 5.74) is 3.64. The van der Waals surface area contributed by atoms with Crippen molar-refractivity contribution >= 4 is 23.0 Å². The van der Waals surface area contributed by atoms with Gasteiger partial charge in [0.2, 0.25) is 0 Å². The summed E-state index contributed by atoms with van der Waals surface area (Å²) in [7, 11) is 0. The second-order valence-corrected chi connectivity index (χ2v) is 6.55. The van der Waals surface area contributed by atoms with E-state index in [9.17, 15) is 26.3 Å². The second kappa shape index (κ2) is 6.70. The number of nitrogens with one attached hydrogen (secondary N) is 1. The molecule has 4 nitrogen and oxygen atoms in total. The maximum Gasteiger partial charge on any atom is 0.435 e. The van der Waals surface area contributed by atoms with Crippen LogP contribution in [0.25, 0.3) is 5.69 Å². The zero-order valence-electron chi connectivity index (χ0n) is 13.7. The number of thiocarbonyl (C=S) groups is 1. The summed E-state index contributed by atoms with van der Waals surface area (Å²) < 4.78 is 80.1. The molecule has 1 aromatic heterocycles. The lowest BCUT2D eigenvalue weighted by Crippen LogP contribution is -2.21. The molecule has 0 aliphatic heterocycles. The van der Waals surface area contributed by atoms with Gasteiger partial charge in [0.1, 0.15) is 0 Å². The smallest absolute Gasteiger partial charge is 0.376 e. The average Bonchev–Trinajstić information content (AvgIpc) is 2.93. The van der Waals surface area contributed by atoms with Gasteiger partial charge in [-0.05, 0) is 56.1 Å². The maximum atomic E-state index is 13.4. The van der Waals surface area contributed by atoms with Crippen molar-refractivity contribution in [1.29, 1.82) is 0 Å². The molecule has 2 aromatic rings. The Morgan fingerprint density at radius 3 is 2.33 bits per heavy atom. The Morgan fingerprint density at radius 1 is 1.07 bits per heavy atom. The van der Waals surface area contributed by atoms with Gasteiger partial charge in [-0.2, -0.15) is 31.4 Å². The lowest BCUT2D eigenvalue weighted by atomic mass is 9.95. The van der Waals surface area contributed by atoms with Gasteiger partial charge in [-0.25, -0.2) is 4.68 Å². The van der Waals surface area contributed by atoms with Crippen LogP contribution in [0.4, 0.5) is 32.0 Å². The predicted molar refractivity (Wildman–Crippen MR) is 90.6 cm³/mol. The van der Waals surface area contributed by atoms with Crippen LogP contribution < -0.4 is 11.1 Å². The Balaban J connectivity index is 2.21. The number of nitrogens with zero attached hydrogens (tertiary/aromatic N) is 2. The molecule has 0 saturated carbocycles. The summed E-state index contributed by atoms with van der Waals surface area (Å²) in [6.45, 7) is 0. The van der Waals surface area contributed by atoms with E-state index in [0.717, 1.165) is 22.9 Å². The van der Waals surface area contributed by atoms with E-state index >= 15 is 0 Å². The molecule has 1 heterocycles. The first-order valence-electron chi connectivity index (χ1n) is 7.94. The number of benzene rings is 1. The monoisotopic (exact) mass is 408 g/mol. The minimum atomic E-state index is -4.66. The van der Waals surface area contributed by atoms with Crippen molar-refractivity contribution in [3.63, 3.8) is 0 Å². The molecule has 11 heteroatoms. The Hall–Kier alpha value is -2.30. The highest BCUT2D eigenvalue weighted by Crippen LogP contribution is 2.39. The summed E-state index contributed by atoms with van der Waals surface area (Å²) in [6, 6.07) is 2.59. The number of hydrogen-bond donors (Lipinski definition) is 2. The Bertz CT molecular complexity index is 884. The average molecular weight is 408 g/mol. The van der Waals surface area contributed by atoms with Crippen LogP contribution >= 0.6 is 12.2 Å². The van der Waals surface area contributed by atoms with Gasteiger partial charge in [0.05, 0.1) is 16.9 Å². The van der Waals surface area contributed by atoms with E-state index in [1.165, 1.54) is 0 Å². The summed E-state index contributed by atoms with van der Waals surface area (Å²) in [5.74, 6) is 0. The molecular formula is C16H14F6N4S. The lowest BCUT2D eigenvalue weighted by molar-refractivity contribution is -0.142. The van der Waals surface area contributed by atoms with E-state index in [1.807, 2.05) is 0 Å². The Morgan fingerprint density at radius 2 is 1.74 bits per heavy atom. The van der Waals surface area contributed by atoms with Gasteiger partial charge in [0.25, 0.3) is 0 Å². The van der Waals surface area contributed by atoms with Gasteiger partial charge in [0.15, 0.2) is 10.8 Å². The van der Waals surface area contributed by atoms with Gasteiger partial charge in [-0.1, -0.05) is 0 Å². The normalized spacial score (nSPS) is 14.7. The molecule has 0 saturated heterocycles. The first-order chi connectivity index (χ1) is 12.5. The number of fused-ring (bicyclic) bond motifs is 1. The van der Waals surface area contributed by atoms with Crippen molar-refractivity contribution in [1.82, 2.24) is 9.78 Å². The fourth-order valence-electron chi connectivity index (χ4n) is 3.16. The number of nitrogens with two attached hydrogens (primary N) is 1. The van der Waals surface area contributed by atoms with Crippen molar-refractivity contribution in [2.24, 2.45) is 5.73 Å². The SMILES string of the molecule is NC(=S)Nc1cc(C(F)(F)F)ccc1-n1nc(C(F)(F)F)c2c1CCCC2. The van der Waals surface area contributed by atoms with Crippen LogP contribution in [0.5, 0.6) is 0 Å². The third-order valence-electron chi connectivity index (χ3n) is 4.26. The van der Waals surface area contributed by atoms with Gasteiger partial charge in [0, 0.05) is 11.3 Å². The number of alkyl halides is 6. The third-order valence-corrected chi connectivity index (χ3v) is 4.36. The topological polar surface area (TPSA) is 55.9 Å². The van der Waals surface area contributed by atoms with E-state index in [4.69, 9.17) is 5.73 Å². The second-order valence-electron chi connectivity index (χ2n) is 6.11. The third kappa shape index (κ3) is 3.87. The number of aromatic nitrogens is 2. The van der Waals surface area contributed by atoms with Gasteiger partial charge in [-0.3, -0.25) is 0 Å². The van der Waals surface area contributed by atoms with Crippen molar-refractivity contribution in [2.45, 2.75) is 38.0 Å². The van der Waals surface area contributed by atoms with Crippen LogP contribution in [0.15, 0.2) is 18.2 Å². The predicted octanol–water partition coefficient (Wildman–Crippen LogP) is 4.44. The molecule has 0 radical (unpaired) electrons. The first-order valence-corrected chi connectivity index (χ1v) is 8.35. The van der Waals surface area contributed by atoms with Crippen molar-refractivity contribution < 1.29 is 26.3 Å². The Kier molecular flexibility index (Phi) is 4.83. The molecule has 0 fully saturated rings. The molecule has 1 aromatic carbocycles. The van der Waals surface area contributed by atoms with Crippen molar-refractivity contribution in [3.8, 4) is 5.69 Å². The number of halogens is 6. The molecule has 1 aliphatic carbocycles. The molecular weight excluding hydrogens is 394 g/mol. The minimum Gasteiger partial charge on any atom is -0.376 e. The minimum absolute atomic E-state index is 0.0180.